The van der Waals surface area contributed by atoms with Crippen LogP contribution in [0.25, 0.3) is 17.0 Å². The van der Waals surface area contributed by atoms with Crippen LogP contribution in [0.15, 0.2) is 53.4 Å². The second-order valence-corrected chi connectivity index (χ2v) is 7.97. The van der Waals surface area contributed by atoms with Crippen molar-refractivity contribution in [3.8, 4) is 0 Å². The standard InChI is InChI=1S/C19H18N2O5S/c1-3-25-18-12-17-19(21(22)26-18)15-6-4-5-7-16(15)20(17)27(23,24)14-10-8-13(2)9-11-14/h4-12,18H,3H2,1-2H3. The van der Waals surface area contributed by atoms with Gasteiger partial charge in [-0.15, -0.1) is 0 Å². The molecule has 1 aliphatic heterocycles. The Morgan fingerprint density at radius 2 is 1.89 bits per heavy atom. The molecule has 0 spiro atoms. The third kappa shape index (κ3) is 2.77. The predicted octanol–water partition coefficient (Wildman–Crippen LogP) is 1.26. The normalized spacial score (nSPS) is 16.7. The molecule has 2 aromatic carbocycles. The van der Waals surface area contributed by atoms with E-state index in [-0.39, 0.29) is 15.6 Å². The van der Waals surface area contributed by atoms with E-state index in [0.717, 1.165) is 5.56 Å². The van der Waals surface area contributed by atoms with Gasteiger partial charge in [-0.2, -0.15) is 0 Å². The Morgan fingerprint density at radius 1 is 1.19 bits per heavy atom. The molecule has 1 atom stereocenters. The number of fused-ring (bicyclic) bond motifs is 3. The first kappa shape index (κ1) is 17.6. The zero-order valence-corrected chi connectivity index (χ0v) is 15.6. The lowest BCUT2D eigenvalue weighted by Crippen LogP contribution is -2.47. The molecule has 0 amide bonds. The average Bonchev–Trinajstić information content (AvgIpc) is 2.97. The summed E-state index contributed by atoms with van der Waals surface area (Å²) < 4.78 is 33.4. The van der Waals surface area contributed by atoms with Crippen LogP contribution in [0.5, 0.6) is 0 Å². The summed E-state index contributed by atoms with van der Waals surface area (Å²) in [6.45, 7) is 3.96. The summed E-state index contributed by atoms with van der Waals surface area (Å²) in [6, 6.07) is 13.4. The molecule has 8 heteroatoms. The molecule has 7 nitrogen and oxygen atoms in total. The molecule has 0 saturated carbocycles. The van der Waals surface area contributed by atoms with Crippen LogP contribution in [0.4, 0.5) is 0 Å². The minimum Gasteiger partial charge on any atom is -0.367 e. The van der Waals surface area contributed by atoms with Gasteiger partial charge in [0.1, 0.15) is 5.35 Å². The van der Waals surface area contributed by atoms with E-state index in [1.54, 1.807) is 55.5 Å². The number of aromatic nitrogens is 1. The van der Waals surface area contributed by atoms with Gasteiger partial charge >= 0.3 is 5.36 Å². The van der Waals surface area contributed by atoms with Crippen LogP contribution in [0.2, 0.25) is 0 Å². The summed E-state index contributed by atoms with van der Waals surface area (Å²) >= 11 is 0. The van der Waals surface area contributed by atoms with Crippen LogP contribution in [-0.2, 0) is 19.6 Å². The molecular formula is C19H18N2O5S. The fourth-order valence-corrected chi connectivity index (χ4v) is 4.69. The fraction of sp³-hybridized carbons (Fsp3) is 0.211. The average molecular weight is 386 g/mol. The lowest BCUT2D eigenvalue weighted by molar-refractivity contribution is -0.152. The fourth-order valence-electron chi connectivity index (χ4n) is 3.18. The molecule has 0 fully saturated rings. The van der Waals surface area contributed by atoms with Crippen molar-refractivity contribution < 1.29 is 18.0 Å². The second kappa shape index (κ2) is 6.40. The number of benzene rings is 2. The first-order valence-electron chi connectivity index (χ1n) is 8.49. The quantitative estimate of drug-likeness (QED) is 0.631. The van der Waals surface area contributed by atoms with E-state index in [9.17, 15) is 13.6 Å². The van der Waals surface area contributed by atoms with Crippen molar-refractivity contribution in [2.45, 2.75) is 25.0 Å². The molecule has 3 aromatic rings. The summed E-state index contributed by atoms with van der Waals surface area (Å²) in [7, 11) is -3.93. The lowest BCUT2D eigenvalue weighted by atomic mass is 10.2. The molecule has 4 rings (SSSR count). The van der Waals surface area contributed by atoms with Gasteiger partial charge in [0, 0.05) is 6.61 Å². The second-order valence-electron chi connectivity index (χ2n) is 6.19. The molecule has 0 radical (unpaired) electrons. The molecule has 0 aliphatic carbocycles. The molecule has 1 unspecified atom stereocenters. The van der Waals surface area contributed by atoms with E-state index < -0.39 is 16.3 Å². The molecule has 0 saturated heterocycles. The van der Waals surface area contributed by atoms with Gasteiger partial charge in [0.05, 0.1) is 20.7 Å². The number of ether oxygens (including phenoxy) is 1. The maximum absolute atomic E-state index is 13.4. The number of nitrogens with zero attached hydrogens (tertiary/aromatic N) is 2. The highest BCUT2D eigenvalue weighted by molar-refractivity contribution is 7.90. The highest BCUT2D eigenvalue weighted by Gasteiger charge is 2.28. The molecule has 0 bridgehead atoms. The van der Waals surface area contributed by atoms with Gasteiger partial charge in [-0.3, -0.25) is 5.21 Å². The zero-order chi connectivity index (χ0) is 19.2. The van der Waals surface area contributed by atoms with Crippen molar-refractivity contribution in [3.63, 3.8) is 0 Å². The van der Waals surface area contributed by atoms with Crippen LogP contribution in [-0.4, -0.2) is 25.3 Å². The van der Waals surface area contributed by atoms with Crippen molar-refractivity contribution in [1.29, 1.82) is 0 Å². The summed E-state index contributed by atoms with van der Waals surface area (Å²) in [6.07, 6.45) is 0.551. The van der Waals surface area contributed by atoms with Gasteiger partial charge in [-0.25, -0.2) is 12.4 Å². The molecule has 1 aliphatic rings. The number of aryl methyl sites for hydroxylation is 1. The van der Waals surface area contributed by atoms with E-state index in [1.807, 2.05) is 6.92 Å². The van der Waals surface area contributed by atoms with Crippen molar-refractivity contribution in [1.82, 2.24) is 8.87 Å². The van der Waals surface area contributed by atoms with Gasteiger partial charge in [-0.05, 0) is 44.2 Å². The van der Waals surface area contributed by atoms with Crippen molar-refractivity contribution in [2.75, 3.05) is 6.61 Å². The molecule has 2 heterocycles. The van der Waals surface area contributed by atoms with Crippen LogP contribution in [0, 0.1) is 12.1 Å². The van der Waals surface area contributed by atoms with Crippen LogP contribution in [0.1, 0.15) is 12.5 Å². The summed E-state index contributed by atoms with van der Waals surface area (Å²) in [5.74, 6) is 0. The van der Waals surface area contributed by atoms with Crippen molar-refractivity contribution >= 4 is 27.0 Å². The molecular weight excluding hydrogens is 368 g/mol. The third-order valence-corrected chi connectivity index (χ3v) is 6.15. The SMILES string of the molecule is CCOC1C=c2c(c3ccccc3n2S(=O)(=O)c2ccc(C)cc2)=[N+]([O-])O1. The molecule has 27 heavy (non-hydrogen) atoms. The Balaban J connectivity index is 2.11. The minimum atomic E-state index is -3.93. The smallest absolute Gasteiger partial charge is 0.301 e. The van der Waals surface area contributed by atoms with Crippen LogP contribution in [0.3, 0.4) is 0 Å². The van der Waals surface area contributed by atoms with Crippen molar-refractivity contribution in [3.05, 3.63) is 70.0 Å². The molecule has 0 N–H and O–H groups in total. The Hall–Kier alpha value is -2.84. The largest absolute Gasteiger partial charge is 0.367 e. The Labute approximate surface area is 156 Å². The van der Waals surface area contributed by atoms with E-state index in [2.05, 4.69) is 0 Å². The van der Waals surface area contributed by atoms with Gasteiger partial charge < -0.3 is 9.57 Å². The molecule has 140 valence electrons. The summed E-state index contributed by atoms with van der Waals surface area (Å²) in [5, 5.41) is 13.4. The highest BCUT2D eigenvalue weighted by atomic mass is 32.2. The van der Waals surface area contributed by atoms with Crippen LogP contribution < -0.4 is 15.6 Å². The maximum atomic E-state index is 13.4. The van der Waals surface area contributed by atoms with E-state index in [4.69, 9.17) is 9.57 Å². The first-order chi connectivity index (χ1) is 12.9. The number of rotatable bonds is 4. The van der Waals surface area contributed by atoms with E-state index in [1.165, 1.54) is 10.0 Å². The zero-order valence-electron chi connectivity index (χ0n) is 14.8. The first-order valence-corrected chi connectivity index (χ1v) is 9.93. The van der Waals surface area contributed by atoms with Gasteiger partial charge in [0.25, 0.3) is 10.0 Å². The minimum absolute atomic E-state index is 0.141. The number of hydrogen-bond donors (Lipinski definition) is 0. The highest BCUT2D eigenvalue weighted by Crippen LogP contribution is 2.19. The number of para-hydroxylation sites is 1. The van der Waals surface area contributed by atoms with Gasteiger partial charge in [0.15, 0.2) is 6.29 Å². The Morgan fingerprint density at radius 3 is 2.59 bits per heavy atom. The summed E-state index contributed by atoms with van der Waals surface area (Å²) in [5.41, 5.74) is 1.36. The summed E-state index contributed by atoms with van der Waals surface area (Å²) in [4.78, 5) is 5.67. The van der Waals surface area contributed by atoms with Crippen molar-refractivity contribution in [2.24, 2.45) is 0 Å². The predicted molar refractivity (Wildman–Crippen MR) is 101 cm³/mol. The number of hydrogen-bond acceptors (Lipinski definition) is 5. The van der Waals surface area contributed by atoms with Gasteiger partial charge in [-0.1, -0.05) is 29.8 Å². The molecule has 1 aromatic heterocycles. The maximum Gasteiger partial charge on any atom is 0.301 e. The van der Waals surface area contributed by atoms with Gasteiger partial charge in [0.2, 0.25) is 0 Å². The van der Waals surface area contributed by atoms with E-state index >= 15 is 0 Å². The van der Waals surface area contributed by atoms with E-state index in [0.29, 0.717) is 22.4 Å². The lowest BCUT2D eigenvalue weighted by Gasteiger charge is -2.18. The Bertz CT molecular complexity index is 1240. The Kier molecular flexibility index (Phi) is 4.16. The van der Waals surface area contributed by atoms with Crippen LogP contribution >= 0.6 is 0 Å². The topological polar surface area (TPSA) is 83.6 Å². The third-order valence-electron chi connectivity index (χ3n) is 4.41. The monoisotopic (exact) mass is 386 g/mol.